The first kappa shape index (κ1) is 16.1. The third-order valence-electron chi connectivity index (χ3n) is 3.33. The number of rotatable bonds is 5. The summed E-state index contributed by atoms with van der Waals surface area (Å²) in [6.45, 7) is 4.09. The van der Waals surface area contributed by atoms with E-state index in [1.54, 1.807) is 12.1 Å². The van der Waals surface area contributed by atoms with Gasteiger partial charge >= 0.3 is 5.97 Å². The van der Waals surface area contributed by atoms with Crippen LogP contribution < -0.4 is 4.31 Å². The minimum atomic E-state index is -3.93. The maximum Gasteiger partial charge on any atom is 0.371 e. The van der Waals surface area contributed by atoms with Crippen LogP contribution >= 0.6 is 0 Å². The molecule has 1 aromatic heterocycles. The van der Waals surface area contributed by atoms with Crippen molar-refractivity contribution in [2.45, 2.75) is 24.9 Å². The van der Waals surface area contributed by atoms with E-state index in [4.69, 9.17) is 9.52 Å². The van der Waals surface area contributed by atoms with Crippen molar-refractivity contribution in [1.82, 2.24) is 0 Å². The zero-order valence-electron chi connectivity index (χ0n) is 12.5. The van der Waals surface area contributed by atoms with Crippen LogP contribution in [0.25, 0.3) is 0 Å². The van der Waals surface area contributed by atoms with Crippen LogP contribution in [0.5, 0.6) is 0 Å². The molecular formula is C15H17NO5S. The van der Waals surface area contributed by atoms with Gasteiger partial charge in [0.2, 0.25) is 10.9 Å². The number of anilines is 1. The van der Waals surface area contributed by atoms with Gasteiger partial charge in [0.25, 0.3) is 10.0 Å². The standard InChI is InChI=1S/C15H17NO5S/c1-10(2)11-4-6-12(7-5-11)16(3)22(19,20)14-9-8-13(21-14)15(17)18/h4-10H,1-3H3,(H,17,18). The second-order valence-electron chi connectivity index (χ2n) is 5.14. The van der Waals surface area contributed by atoms with Crippen LogP contribution in [-0.4, -0.2) is 26.5 Å². The van der Waals surface area contributed by atoms with Gasteiger partial charge in [-0.3, -0.25) is 4.31 Å². The SMILES string of the molecule is CC(C)c1ccc(N(C)S(=O)(=O)c2ccc(C(=O)O)o2)cc1. The zero-order chi connectivity index (χ0) is 16.5. The first-order valence-corrected chi connectivity index (χ1v) is 8.09. The Labute approximate surface area is 129 Å². The maximum absolute atomic E-state index is 12.4. The Bertz CT molecular complexity index is 775. The first-order valence-electron chi connectivity index (χ1n) is 6.65. The molecule has 2 rings (SSSR count). The molecule has 0 spiro atoms. The first-order chi connectivity index (χ1) is 10.2. The van der Waals surface area contributed by atoms with Crippen molar-refractivity contribution in [2.24, 2.45) is 0 Å². The van der Waals surface area contributed by atoms with E-state index in [0.717, 1.165) is 22.0 Å². The number of aromatic carboxylic acids is 1. The molecule has 0 aliphatic heterocycles. The van der Waals surface area contributed by atoms with Crippen LogP contribution in [0.1, 0.15) is 35.9 Å². The van der Waals surface area contributed by atoms with Crippen LogP contribution in [0.3, 0.4) is 0 Å². The summed E-state index contributed by atoms with van der Waals surface area (Å²) in [5.74, 6) is -1.38. The monoisotopic (exact) mass is 323 g/mol. The smallest absolute Gasteiger partial charge is 0.371 e. The minimum absolute atomic E-state index is 0.346. The third-order valence-corrected chi connectivity index (χ3v) is 4.99. The van der Waals surface area contributed by atoms with E-state index < -0.39 is 26.8 Å². The van der Waals surface area contributed by atoms with Crippen molar-refractivity contribution in [3.05, 3.63) is 47.7 Å². The fourth-order valence-corrected chi connectivity index (χ4v) is 3.02. The molecular weight excluding hydrogens is 306 g/mol. The molecule has 0 atom stereocenters. The van der Waals surface area contributed by atoms with Gasteiger partial charge in [-0.15, -0.1) is 0 Å². The Morgan fingerprint density at radius 1 is 1.14 bits per heavy atom. The van der Waals surface area contributed by atoms with E-state index in [-0.39, 0.29) is 0 Å². The Hall–Kier alpha value is -2.28. The molecule has 7 heteroatoms. The number of sulfonamides is 1. The fourth-order valence-electron chi connectivity index (χ4n) is 1.92. The van der Waals surface area contributed by atoms with E-state index in [2.05, 4.69) is 0 Å². The highest BCUT2D eigenvalue weighted by Crippen LogP contribution is 2.25. The molecule has 1 aromatic carbocycles. The highest BCUT2D eigenvalue weighted by Gasteiger charge is 2.26. The van der Waals surface area contributed by atoms with Gasteiger partial charge in [0, 0.05) is 7.05 Å². The number of carbonyl (C=O) groups is 1. The molecule has 0 unspecified atom stereocenters. The van der Waals surface area contributed by atoms with Crippen molar-refractivity contribution < 1.29 is 22.7 Å². The Balaban J connectivity index is 2.33. The van der Waals surface area contributed by atoms with Gasteiger partial charge < -0.3 is 9.52 Å². The summed E-state index contributed by atoms with van der Waals surface area (Å²) in [5, 5.41) is 8.40. The predicted octanol–water partition coefficient (Wildman–Crippen LogP) is 2.93. The lowest BCUT2D eigenvalue weighted by molar-refractivity contribution is 0.0656. The number of hydrogen-bond donors (Lipinski definition) is 1. The second-order valence-corrected chi connectivity index (χ2v) is 7.04. The number of hydrogen-bond acceptors (Lipinski definition) is 4. The summed E-state index contributed by atoms with van der Waals surface area (Å²) in [6, 6.07) is 9.37. The molecule has 0 fully saturated rings. The highest BCUT2D eigenvalue weighted by atomic mass is 32.2. The van der Waals surface area contributed by atoms with Crippen molar-refractivity contribution in [2.75, 3.05) is 11.4 Å². The number of carboxylic acid groups (broad SMARTS) is 1. The zero-order valence-corrected chi connectivity index (χ0v) is 13.3. The van der Waals surface area contributed by atoms with Gasteiger partial charge in [-0.2, -0.15) is 8.42 Å². The summed E-state index contributed by atoms with van der Waals surface area (Å²) >= 11 is 0. The van der Waals surface area contributed by atoms with Crippen LogP contribution in [-0.2, 0) is 10.0 Å². The molecule has 0 amide bonds. The van der Waals surface area contributed by atoms with E-state index in [0.29, 0.717) is 11.6 Å². The number of carboxylic acids is 1. The van der Waals surface area contributed by atoms with Crippen molar-refractivity contribution in [3.63, 3.8) is 0 Å². The molecule has 2 aromatic rings. The highest BCUT2D eigenvalue weighted by molar-refractivity contribution is 7.92. The number of nitrogens with zero attached hydrogens (tertiary/aromatic N) is 1. The lowest BCUT2D eigenvalue weighted by Crippen LogP contribution is -2.26. The van der Waals surface area contributed by atoms with E-state index in [1.807, 2.05) is 26.0 Å². The molecule has 1 heterocycles. The molecule has 0 bridgehead atoms. The molecule has 0 saturated heterocycles. The molecule has 0 radical (unpaired) electrons. The molecule has 6 nitrogen and oxygen atoms in total. The van der Waals surface area contributed by atoms with Crippen LogP contribution in [0.15, 0.2) is 45.9 Å². The quantitative estimate of drug-likeness (QED) is 0.914. The van der Waals surface area contributed by atoms with Crippen LogP contribution in [0, 0.1) is 0 Å². The summed E-state index contributed by atoms with van der Waals surface area (Å²) in [7, 11) is -2.54. The van der Waals surface area contributed by atoms with Crippen LogP contribution in [0.2, 0.25) is 0 Å². The van der Waals surface area contributed by atoms with Crippen molar-refractivity contribution in [3.8, 4) is 0 Å². The molecule has 0 aliphatic carbocycles. The van der Waals surface area contributed by atoms with Gasteiger partial charge in [-0.1, -0.05) is 26.0 Å². The van der Waals surface area contributed by atoms with E-state index in [1.165, 1.54) is 7.05 Å². The van der Waals surface area contributed by atoms with E-state index in [9.17, 15) is 13.2 Å². The van der Waals surface area contributed by atoms with E-state index >= 15 is 0 Å². The maximum atomic E-state index is 12.4. The van der Waals surface area contributed by atoms with Gasteiger partial charge in [0.1, 0.15) is 0 Å². The Kier molecular flexibility index (Phi) is 4.27. The van der Waals surface area contributed by atoms with Gasteiger partial charge in [0.15, 0.2) is 0 Å². The summed E-state index contributed by atoms with van der Waals surface area (Å²) in [5.41, 5.74) is 1.57. The summed E-state index contributed by atoms with van der Waals surface area (Å²) < 4.78 is 30.8. The molecule has 22 heavy (non-hydrogen) atoms. The summed E-state index contributed by atoms with van der Waals surface area (Å²) in [6.07, 6.45) is 0. The topological polar surface area (TPSA) is 87.8 Å². The van der Waals surface area contributed by atoms with Gasteiger partial charge in [0.05, 0.1) is 5.69 Å². The average Bonchev–Trinajstić information content (AvgIpc) is 2.97. The Morgan fingerprint density at radius 2 is 1.73 bits per heavy atom. The average molecular weight is 323 g/mol. The largest absolute Gasteiger partial charge is 0.475 e. The lowest BCUT2D eigenvalue weighted by atomic mass is 10.0. The summed E-state index contributed by atoms with van der Waals surface area (Å²) in [4.78, 5) is 10.8. The number of benzene rings is 1. The Morgan fingerprint density at radius 3 is 2.18 bits per heavy atom. The molecule has 1 N–H and O–H groups in total. The molecule has 0 saturated carbocycles. The molecule has 118 valence electrons. The third kappa shape index (κ3) is 2.99. The molecule has 0 aliphatic rings. The van der Waals surface area contributed by atoms with Crippen LogP contribution in [0.4, 0.5) is 5.69 Å². The fraction of sp³-hybridized carbons (Fsp3) is 0.267. The number of furan rings is 1. The van der Waals surface area contributed by atoms with Crippen molar-refractivity contribution in [1.29, 1.82) is 0 Å². The minimum Gasteiger partial charge on any atom is -0.475 e. The normalized spacial score (nSPS) is 11.6. The second kappa shape index (κ2) is 5.84. The van der Waals surface area contributed by atoms with Crippen molar-refractivity contribution >= 4 is 21.7 Å². The lowest BCUT2D eigenvalue weighted by Gasteiger charge is -2.18. The van der Waals surface area contributed by atoms with Gasteiger partial charge in [-0.25, -0.2) is 4.79 Å². The predicted molar refractivity (Wildman–Crippen MR) is 81.8 cm³/mol. The van der Waals surface area contributed by atoms with Gasteiger partial charge in [-0.05, 0) is 35.7 Å².